The number of benzene rings is 3. The first-order chi connectivity index (χ1) is 15.8. The van der Waals surface area contributed by atoms with Gasteiger partial charge in [0, 0.05) is 43.0 Å². The Morgan fingerprint density at radius 1 is 1.06 bits per heavy atom. The third-order valence-corrected chi connectivity index (χ3v) is 6.09. The number of ketones is 1. The number of aromatic nitrogens is 2. The van der Waals surface area contributed by atoms with E-state index in [1.807, 2.05) is 23.6 Å². The Morgan fingerprint density at radius 3 is 2.39 bits per heavy atom. The van der Waals surface area contributed by atoms with Gasteiger partial charge in [-0.25, -0.2) is 4.98 Å². The molecule has 170 valence electrons. The first-order valence-electron chi connectivity index (χ1n) is 11.3. The van der Waals surface area contributed by atoms with E-state index in [4.69, 9.17) is 4.98 Å². The molecule has 0 unspecified atom stereocenters. The molecule has 0 fully saturated rings. The van der Waals surface area contributed by atoms with Crippen LogP contribution in [-0.2, 0) is 11.3 Å². The van der Waals surface area contributed by atoms with E-state index in [-0.39, 0.29) is 22.7 Å². The smallest absolute Gasteiger partial charge is 0.221 e. The number of anilines is 2. The molecular formula is C26H28N4O3. The first-order valence-corrected chi connectivity index (χ1v) is 11.3. The van der Waals surface area contributed by atoms with E-state index in [9.17, 15) is 14.4 Å². The number of hydrogen-bond acceptors (Lipinski definition) is 5. The van der Waals surface area contributed by atoms with Crippen LogP contribution in [0.4, 0.5) is 11.4 Å². The highest BCUT2D eigenvalue weighted by Gasteiger charge is 2.27. The Hall–Kier alpha value is -3.74. The molecule has 0 saturated carbocycles. The molecule has 7 nitrogen and oxygen atoms in total. The average Bonchev–Trinajstić information content (AvgIpc) is 2.78. The lowest BCUT2D eigenvalue weighted by atomic mass is 9.94. The summed E-state index contributed by atoms with van der Waals surface area (Å²) >= 11 is 0. The van der Waals surface area contributed by atoms with Crippen LogP contribution in [-0.4, -0.2) is 34.3 Å². The van der Waals surface area contributed by atoms with Crippen molar-refractivity contribution in [1.82, 2.24) is 9.55 Å². The van der Waals surface area contributed by atoms with Crippen LogP contribution in [0, 0.1) is 0 Å². The highest BCUT2D eigenvalue weighted by Crippen LogP contribution is 2.37. The maximum Gasteiger partial charge on any atom is 0.221 e. The molecule has 1 N–H and O–H groups in total. The summed E-state index contributed by atoms with van der Waals surface area (Å²) in [6.07, 6.45) is 0. The number of rotatable bonds is 6. The van der Waals surface area contributed by atoms with Crippen molar-refractivity contribution in [3.8, 4) is 11.4 Å². The predicted octanol–water partition coefficient (Wildman–Crippen LogP) is 4.68. The van der Waals surface area contributed by atoms with Crippen LogP contribution >= 0.6 is 0 Å². The topological polar surface area (TPSA) is 84.3 Å². The van der Waals surface area contributed by atoms with Gasteiger partial charge in [-0.3, -0.25) is 14.4 Å². The van der Waals surface area contributed by atoms with Gasteiger partial charge in [-0.1, -0.05) is 12.1 Å². The number of carbonyl (C=O) groups excluding carboxylic acids is 2. The predicted molar refractivity (Wildman–Crippen MR) is 134 cm³/mol. The maximum absolute atomic E-state index is 13.5. The highest BCUT2D eigenvalue weighted by atomic mass is 16.1. The molecule has 0 radical (unpaired) electrons. The summed E-state index contributed by atoms with van der Waals surface area (Å²) in [5, 5.41) is 3.74. The molecule has 0 atom stereocenters. The number of nitrogens with one attached hydrogen (secondary N) is 1. The van der Waals surface area contributed by atoms with Gasteiger partial charge in [-0.05, 0) is 52.0 Å². The Labute approximate surface area is 192 Å². The number of amides is 1. The summed E-state index contributed by atoms with van der Waals surface area (Å²) < 4.78 is 1.99. The molecule has 1 aliphatic carbocycles. The number of hydrogen-bond donors (Lipinski definition) is 1. The van der Waals surface area contributed by atoms with Crippen molar-refractivity contribution in [2.45, 2.75) is 41.2 Å². The Balaban J connectivity index is 2.25. The minimum atomic E-state index is -0.347. The Kier molecular flexibility index (Phi) is 5.89. The fraction of sp³-hybridized carbons (Fsp3) is 0.308. The van der Waals surface area contributed by atoms with Crippen LogP contribution in [0.5, 0.6) is 0 Å². The minimum Gasteiger partial charge on any atom is -0.372 e. The third-order valence-electron chi connectivity index (χ3n) is 6.09. The molecular weight excluding hydrogens is 416 g/mol. The van der Waals surface area contributed by atoms with Crippen molar-refractivity contribution >= 4 is 44.9 Å². The van der Waals surface area contributed by atoms with Crippen molar-refractivity contribution < 1.29 is 9.59 Å². The Bertz CT molecular complexity index is 1430. The van der Waals surface area contributed by atoms with E-state index in [1.54, 1.807) is 18.2 Å². The molecule has 2 aliphatic rings. The molecule has 4 rings (SSSR count). The summed E-state index contributed by atoms with van der Waals surface area (Å²) in [4.78, 5) is 45.3. The molecule has 2 aromatic rings. The van der Waals surface area contributed by atoms with Crippen LogP contribution in [0.3, 0.4) is 0 Å². The fourth-order valence-corrected chi connectivity index (χ4v) is 4.65. The van der Waals surface area contributed by atoms with Gasteiger partial charge >= 0.3 is 0 Å². The van der Waals surface area contributed by atoms with Gasteiger partial charge in [0.25, 0.3) is 0 Å². The normalized spacial score (nSPS) is 11.3. The highest BCUT2D eigenvalue weighted by molar-refractivity contribution is 6.14. The fourth-order valence-electron chi connectivity index (χ4n) is 4.65. The first kappa shape index (κ1) is 22.5. The summed E-state index contributed by atoms with van der Waals surface area (Å²) in [5.74, 6) is -0.549. The molecule has 0 spiro atoms. The van der Waals surface area contributed by atoms with Gasteiger partial charge in [0.2, 0.25) is 5.91 Å². The van der Waals surface area contributed by atoms with Crippen LogP contribution in [0.1, 0.15) is 45.0 Å². The number of carbonyl (C=O) groups is 2. The quantitative estimate of drug-likeness (QED) is 0.265. The molecule has 1 aliphatic heterocycles. The molecule has 0 saturated heterocycles. The zero-order chi connectivity index (χ0) is 23.9. The second-order valence-corrected chi connectivity index (χ2v) is 8.07. The maximum atomic E-state index is 13.5. The van der Waals surface area contributed by atoms with Crippen molar-refractivity contribution in [3.63, 3.8) is 0 Å². The number of Topliss-reactive ketones (excluding diaryl/α,β-unsaturated/α-hetero) is 1. The molecule has 0 aromatic heterocycles. The van der Waals surface area contributed by atoms with E-state index >= 15 is 0 Å². The van der Waals surface area contributed by atoms with Crippen molar-refractivity contribution in [2.75, 3.05) is 23.3 Å². The van der Waals surface area contributed by atoms with Crippen LogP contribution in [0.25, 0.3) is 33.2 Å². The number of fused-ring (bicyclic) bond motifs is 4. The van der Waals surface area contributed by atoms with Gasteiger partial charge in [-0.15, -0.1) is 0 Å². The molecule has 7 heteroatoms. The number of aryl methyl sites for hydroxylation is 1. The summed E-state index contributed by atoms with van der Waals surface area (Å²) in [6.45, 7) is 11.3. The molecule has 0 bridgehead atoms. The van der Waals surface area contributed by atoms with Gasteiger partial charge in [0.15, 0.2) is 11.2 Å². The van der Waals surface area contributed by atoms with Gasteiger partial charge in [-0.2, -0.15) is 0 Å². The van der Waals surface area contributed by atoms with Crippen LogP contribution in [0.2, 0.25) is 0 Å². The molecule has 1 amide bonds. The lowest BCUT2D eigenvalue weighted by Gasteiger charge is -2.25. The van der Waals surface area contributed by atoms with E-state index in [2.05, 4.69) is 30.1 Å². The second-order valence-electron chi connectivity index (χ2n) is 8.07. The third kappa shape index (κ3) is 3.63. The van der Waals surface area contributed by atoms with Crippen molar-refractivity contribution in [1.29, 1.82) is 0 Å². The van der Waals surface area contributed by atoms with Crippen LogP contribution < -0.4 is 15.6 Å². The molecule has 1 heterocycles. The number of nitrogens with zero attached hydrogens (tertiary/aromatic N) is 3. The SMILES string of the molecule is CCN(CC)c1ccc2nc3c4c(NC(C)=O)cccc4c(=O)c(C(C)=O)c-3n(CC)c2c1. The van der Waals surface area contributed by atoms with Gasteiger partial charge in [0.05, 0.1) is 33.7 Å². The van der Waals surface area contributed by atoms with Crippen molar-refractivity contribution in [3.05, 3.63) is 52.2 Å². The van der Waals surface area contributed by atoms with E-state index in [0.29, 0.717) is 34.4 Å². The monoisotopic (exact) mass is 444 g/mol. The van der Waals surface area contributed by atoms with Crippen molar-refractivity contribution in [2.24, 2.45) is 0 Å². The lowest BCUT2D eigenvalue weighted by Crippen LogP contribution is -2.23. The summed E-state index contributed by atoms with van der Waals surface area (Å²) in [5.41, 5.74) is 3.99. The molecule has 33 heavy (non-hydrogen) atoms. The minimum absolute atomic E-state index is 0.127. The zero-order valence-electron chi connectivity index (χ0n) is 19.7. The van der Waals surface area contributed by atoms with Gasteiger partial charge < -0.3 is 14.8 Å². The van der Waals surface area contributed by atoms with E-state index < -0.39 is 0 Å². The largest absolute Gasteiger partial charge is 0.372 e. The second kappa shape index (κ2) is 8.65. The zero-order valence-corrected chi connectivity index (χ0v) is 19.7. The summed E-state index contributed by atoms with van der Waals surface area (Å²) in [7, 11) is 0. The van der Waals surface area contributed by atoms with Gasteiger partial charge in [0.1, 0.15) is 0 Å². The lowest BCUT2D eigenvalue weighted by molar-refractivity contribution is -0.114. The Morgan fingerprint density at radius 2 is 1.79 bits per heavy atom. The van der Waals surface area contributed by atoms with E-state index in [0.717, 1.165) is 29.8 Å². The standard InChI is InChI=1S/C26H28N4O3/c1-6-29(7-2)17-12-13-19-21(14-17)30(8-3)25-22(15(4)31)26(33)18-10-9-11-20(27-16(5)32)23(18)24(25)28-19/h9-14H,6-8H2,1-5H3,(H,27,32). The van der Waals surface area contributed by atoms with Crippen LogP contribution in [0.15, 0.2) is 41.2 Å². The average molecular weight is 445 g/mol. The summed E-state index contributed by atoms with van der Waals surface area (Å²) in [6, 6.07) is 11.2. The van der Waals surface area contributed by atoms with E-state index in [1.165, 1.54) is 13.8 Å². The molecule has 2 aromatic carbocycles.